The van der Waals surface area contributed by atoms with E-state index in [1.54, 1.807) is 17.2 Å². The monoisotopic (exact) mass is 335 g/mol. The van der Waals surface area contributed by atoms with E-state index < -0.39 is 0 Å². The predicted molar refractivity (Wildman–Crippen MR) is 92.8 cm³/mol. The van der Waals surface area contributed by atoms with Gasteiger partial charge in [-0.05, 0) is 25.5 Å². The quantitative estimate of drug-likeness (QED) is 0.572. The van der Waals surface area contributed by atoms with Crippen LogP contribution in [-0.2, 0) is 13.0 Å². The van der Waals surface area contributed by atoms with Crippen LogP contribution in [-0.4, -0.2) is 24.3 Å². The Morgan fingerprint density at radius 2 is 1.92 bits per heavy atom. The Morgan fingerprint density at radius 3 is 2.68 bits per heavy atom. The van der Waals surface area contributed by atoms with Crippen LogP contribution >= 0.6 is 0 Å². The standard InChI is InChI=1S/C18H17N5O2/c1-3-15-14(12(2)25-21-15)9-22-10-20-17-16(18(22)24)19-11-23(17)13-7-5-4-6-8-13/h4-8,10-11H,3,9H2,1-2H3. The molecule has 0 spiro atoms. The Hall–Kier alpha value is -3.22. The number of fused-ring (bicyclic) bond motifs is 1. The van der Waals surface area contributed by atoms with Crippen molar-refractivity contribution in [2.75, 3.05) is 0 Å². The van der Waals surface area contributed by atoms with E-state index in [0.29, 0.717) is 17.7 Å². The summed E-state index contributed by atoms with van der Waals surface area (Å²) in [6.07, 6.45) is 3.93. The lowest BCUT2D eigenvalue weighted by Gasteiger charge is -2.06. The van der Waals surface area contributed by atoms with E-state index >= 15 is 0 Å². The molecule has 0 aliphatic heterocycles. The molecule has 126 valence electrons. The van der Waals surface area contributed by atoms with Crippen LogP contribution in [0, 0.1) is 6.92 Å². The molecule has 25 heavy (non-hydrogen) atoms. The fraction of sp³-hybridized carbons (Fsp3) is 0.222. The molecule has 0 fully saturated rings. The van der Waals surface area contributed by atoms with E-state index in [9.17, 15) is 4.79 Å². The summed E-state index contributed by atoms with van der Waals surface area (Å²) in [6, 6.07) is 9.70. The first-order valence-corrected chi connectivity index (χ1v) is 8.11. The van der Waals surface area contributed by atoms with E-state index in [1.165, 1.54) is 0 Å². The van der Waals surface area contributed by atoms with Crippen molar-refractivity contribution in [3.63, 3.8) is 0 Å². The van der Waals surface area contributed by atoms with Crippen molar-refractivity contribution in [2.24, 2.45) is 0 Å². The smallest absolute Gasteiger partial charge is 0.281 e. The van der Waals surface area contributed by atoms with Crippen LogP contribution in [0.15, 0.2) is 52.3 Å². The van der Waals surface area contributed by atoms with Gasteiger partial charge < -0.3 is 4.52 Å². The molecule has 0 amide bonds. The fourth-order valence-corrected chi connectivity index (χ4v) is 2.91. The average molecular weight is 335 g/mol. The van der Waals surface area contributed by atoms with E-state index in [4.69, 9.17) is 4.52 Å². The maximum absolute atomic E-state index is 12.8. The van der Waals surface area contributed by atoms with Gasteiger partial charge in [-0.15, -0.1) is 0 Å². The van der Waals surface area contributed by atoms with Crippen molar-refractivity contribution in [3.8, 4) is 5.69 Å². The van der Waals surface area contributed by atoms with E-state index in [2.05, 4.69) is 15.1 Å². The summed E-state index contributed by atoms with van der Waals surface area (Å²) in [6.45, 7) is 4.23. The van der Waals surface area contributed by atoms with Crippen LogP contribution in [0.4, 0.5) is 0 Å². The Morgan fingerprint density at radius 1 is 1.12 bits per heavy atom. The third-order valence-electron chi connectivity index (χ3n) is 4.29. The summed E-state index contributed by atoms with van der Waals surface area (Å²) in [5.74, 6) is 0.721. The van der Waals surface area contributed by atoms with Gasteiger partial charge in [-0.2, -0.15) is 0 Å². The molecule has 3 heterocycles. The van der Waals surface area contributed by atoms with Crippen molar-refractivity contribution in [1.29, 1.82) is 0 Å². The first-order valence-electron chi connectivity index (χ1n) is 8.11. The topological polar surface area (TPSA) is 78.7 Å². The number of nitrogens with zero attached hydrogens (tertiary/aromatic N) is 5. The van der Waals surface area contributed by atoms with Gasteiger partial charge in [0.25, 0.3) is 5.56 Å². The van der Waals surface area contributed by atoms with Gasteiger partial charge >= 0.3 is 0 Å². The van der Waals surface area contributed by atoms with Crippen LogP contribution in [0.1, 0.15) is 23.9 Å². The zero-order valence-corrected chi connectivity index (χ0v) is 14.0. The molecule has 0 saturated heterocycles. The Balaban J connectivity index is 1.79. The third-order valence-corrected chi connectivity index (χ3v) is 4.29. The summed E-state index contributed by atoms with van der Waals surface area (Å²) >= 11 is 0. The molecule has 0 atom stereocenters. The maximum Gasteiger partial charge on any atom is 0.281 e. The van der Waals surface area contributed by atoms with E-state index in [1.807, 2.05) is 48.7 Å². The minimum atomic E-state index is -0.178. The van der Waals surface area contributed by atoms with Crippen LogP contribution < -0.4 is 5.56 Å². The molecule has 0 bridgehead atoms. The zero-order valence-electron chi connectivity index (χ0n) is 14.0. The van der Waals surface area contributed by atoms with Gasteiger partial charge in [0.15, 0.2) is 11.2 Å². The molecular formula is C18H17N5O2. The third kappa shape index (κ3) is 2.53. The lowest BCUT2D eigenvalue weighted by Crippen LogP contribution is -2.22. The van der Waals surface area contributed by atoms with Crippen LogP contribution in [0.25, 0.3) is 16.9 Å². The number of aromatic nitrogens is 5. The van der Waals surface area contributed by atoms with Crippen molar-refractivity contribution >= 4 is 11.2 Å². The highest BCUT2D eigenvalue weighted by Gasteiger charge is 2.15. The molecule has 1 aromatic carbocycles. The minimum absolute atomic E-state index is 0.178. The number of para-hydroxylation sites is 1. The molecule has 7 nitrogen and oxygen atoms in total. The molecule has 4 aromatic rings. The van der Waals surface area contributed by atoms with Crippen LogP contribution in [0.5, 0.6) is 0 Å². The largest absolute Gasteiger partial charge is 0.361 e. The Bertz CT molecular complexity index is 1090. The van der Waals surface area contributed by atoms with Gasteiger partial charge in [-0.1, -0.05) is 30.3 Å². The van der Waals surface area contributed by atoms with Gasteiger partial charge in [0, 0.05) is 11.3 Å². The first kappa shape index (κ1) is 15.3. The van der Waals surface area contributed by atoms with Crippen molar-refractivity contribution < 1.29 is 4.52 Å². The van der Waals surface area contributed by atoms with Gasteiger partial charge in [0.1, 0.15) is 18.4 Å². The minimum Gasteiger partial charge on any atom is -0.361 e. The molecule has 0 saturated carbocycles. The SMILES string of the molecule is CCc1noc(C)c1Cn1cnc2c(ncn2-c2ccccc2)c1=O. The number of benzene rings is 1. The zero-order chi connectivity index (χ0) is 17.4. The highest BCUT2D eigenvalue weighted by atomic mass is 16.5. The molecule has 0 radical (unpaired) electrons. The van der Waals surface area contributed by atoms with E-state index in [-0.39, 0.29) is 5.56 Å². The molecule has 0 aliphatic rings. The molecule has 3 aromatic heterocycles. The normalized spacial score (nSPS) is 11.3. The van der Waals surface area contributed by atoms with Crippen molar-refractivity contribution in [3.05, 3.63) is 70.4 Å². The summed E-state index contributed by atoms with van der Waals surface area (Å²) in [4.78, 5) is 21.5. The van der Waals surface area contributed by atoms with Crippen molar-refractivity contribution in [1.82, 2.24) is 24.3 Å². The summed E-state index contributed by atoms with van der Waals surface area (Å²) in [5.41, 5.74) is 3.41. The molecular weight excluding hydrogens is 318 g/mol. The first-order chi connectivity index (χ1) is 12.2. The molecule has 4 rings (SSSR count). The Labute approximate surface area is 143 Å². The fourth-order valence-electron chi connectivity index (χ4n) is 2.91. The lowest BCUT2D eigenvalue weighted by molar-refractivity contribution is 0.390. The van der Waals surface area contributed by atoms with Gasteiger partial charge in [0.05, 0.1) is 12.2 Å². The Kier molecular flexibility index (Phi) is 3.68. The van der Waals surface area contributed by atoms with Gasteiger partial charge in [0.2, 0.25) is 0 Å². The van der Waals surface area contributed by atoms with E-state index in [0.717, 1.165) is 29.1 Å². The van der Waals surface area contributed by atoms with Gasteiger partial charge in [-0.3, -0.25) is 13.9 Å². The highest BCUT2D eigenvalue weighted by molar-refractivity contribution is 5.71. The predicted octanol–water partition coefficient (Wildman–Crippen LogP) is 2.49. The summed E-state index contributed by atoms with van der Waals surface area (Å²) < 4.78 is 8.60. The number of hydrogen-bond donors (Lipinski definition) is 0. The second kappa shape index (κ2) is 6.01. The highest BCUT2D eigenvalue weighted by Crippen LogP contribution is 2.16. The number of hydrogen-bond acceptors (Lipinski definition) is 5. The molecule has 7 heteroatoms. The number of imidazole rings is 1. The molecule has 0 N–H and O–H groups in total. The summed E-state index contributed by atoms with van der Waals surface area (Å²) in [7, 11) is 0. The molecule has 0 unspecified atom stereocenters. The van der Waals surface area contributed by atoms with Gasteiger partial charge in [-0.25, -0.2) is 9.97 Å². The number of rotatable bonds is 4. The van der Waals surface area contributed by atoms with Crippen LogP contribution in [0.3, 0.4) is 0 Å². The van der Waals surface area contributed by atoms with Crippen molar-refractivity contribution in [2.45, 2.75) is 26.8 Å². The average Bonchev–Trinajstić information content (AvgIpc) is 3.22. The number of aryl methyl sites for hydroxylation is 2. The molecule has 0 aliphatic carbocycles. The van der Waals surface area contributed by atoms with Crippen LogP contribution in [0.2, 0.25) is 0 Å². The summed E-state index contributed by atoms with van der Waals surface area (Å²) in [5, 5.41) is 4.04. The lowest BCUT2D eigenvalue weighted by atomic mass is 10.1. The second-order valence-corrected chi connectivity index (χ2v) is 5.82. The second-order valence-electron chi connectivity index (χ2n) is 5.82. The maximum atomic E-state index is 12.8.